The van der Waals surface area contributed by atoms with Crippen molar-refractivity contribution in [2.45, 2.75) is 12.8 Å². The Kier molecular flexibility index (Phi) is 7.43. The van der Waals surface area contributed by atoms with Gasteiger partial charge in [-0.15, -0.1) is 0 Å². The SMILES string of the molecule is CON(C)C(=O)CCCNCB=O. The molecule has 0 aliphatic rings. The molecule has 6 heteroatoms. The van der Waals surface area contributed by atoms with Gasteiger partial charge >= 0.3 is 77.8 Å². The van der Waals surface area contributed by atoms with Gasteiger partial charge < -0.3 is 0 Å². The Morgan fingerprint density at radius 1 is 1.62 bits per heavy atom. The van der Waals surface area contributed by atoms with Gasteiger partial charge in [-0.1, -0.05) is 0 Å². The summed E-state index contributed by atoms with van der Waals surface area (Å²) in [5, 5.41) is 4.06. The molecule has 0 aromatic rings. The molecule has 0 saturated heterocycles. The van der Waals surface area contributed by atoms with Gasteiger partial charge in [0.05, 0.1) is 0 Å². The summed E-state index contributed by atoms with van der Waals surface area (Å²) >= 11 is 0. The van der Waals surface area contributed by atoms with Crippen LogP contribution < -0.4 is 5.32 Å². The Hall–Kier alpha value is -0.745. The standard InChI is InChI=1S/C7H15BN2O3/c1-10(13-2)7(11)4-3-5-9-6-8-12/h9H,3-6H2,1-2H3. The minimum absolute atomic E-state index is 0.0598. The van der Waals surface area contributed by atoms with Crippen LogP contribution >= 0.6 is 0 Å². The topological polar surface area (TPSA) is 58.6 Å². The summed E-state index contributed by atoms with van der Waals surface area (Å²) in [6.07, 6.45) is 1.48. The number of hydrogen-bond acceptors (Lipinski definition) is 4. The molecule has 74 valence electrons. The van der Waals surface area contributed by atoms with E-state index in [1.165, 1.54) is 12.2 Å². The summed E-state index contributed by atoms with van der Waals surface area (Å²) in [6.45, 7) is 0.669. The van der Waals surface area contributed by atoms with Gasteiger partial charge in [0.25, 0.3) is 0 Å². The molecule has 0 aliphatic carbocycles. The summed E-state index contributed by atoms with van der Waals surface area (Å²) in [6, 6.07) is 0. The zero-order valence-corrected chi connectivity index (χ0v) is 8.08. The molecule has 5 nitrogen and oxygen atoms in total. The fraction of sp³-hybridized carbons (Fsp3) is 0.857. The van der Waals surface area contributed by atoms with Crippen LogP contribution in [0.3, 0.4) is 0 Å². The number of rotatable bonds is 7. The first-order chi connectivity index (χ1) is 6.22. The van der Waals surface area contributed by atoms with Crippen molar-refractivity contribution in [1.82, 2.24) is 10.4 Å². The molecule has 0 aromatic heterocycles. The summed E-state index contributed by atoms with van der Waals surface area (Å²) in [5.41, 5.74) is 0. The van der Waals surface area contributed by atoms with Crippen LogP contribution in [0.2, 0.25) is 0 Å². The molecule has 0 heterocycles. The van der Waals surface area contributed by atoms with Gasteiger partial charge in [-0.25, -0.2) is 0 Å². The number of hydrogen-bond donors (Lipinski definition) is 1. The molecule has 0 aliphatic heterocycles. The maximum atomic E-state index is 11.1. The van der Waals surface area contributed by atoms with Gasteiger partial charge in [-0.05, 0) is 0 Å². The molecule has 0 radical (unpaired) electrons. The predicted molar refractivity (Wildman–Crippen MR) is 48.3 cm³/mol. The van der Waals surface area contributed by atoms with Crippen molar-refractivity contribution in [3.05, 3.63) is 0 Å². The van der Waals surface area contributed by atoms with Gasteiger partial charge in [-0.3, -0.25) is 0 Å². The maximum absolute atomic E-state index is 11.1. The molecule has 0 unspecified atom stereocenters. The molecule has 13 heavy (non-hydrogen) atoms. The Morgan fingerprint density at radius 2 is 2.31 bits per heavy atom. The third-order valence-corrected chi connectivity index (χ3v) is 1.60. The average molecular weight is 186 g/mol. The van der Waals surface area contributed by atoms with E-state index in [0.717, 1.165) is 7.15 Å². The Labute approximate surface area is 78.6 Å². The minimum atomic E-state index is -0.0598. The second-order valence-electron chi connectivity index (χ2n) is 2.55. The zero-order chi connectivity index (χ0) is 10.1. The van der Waals surface area contributed by atoms with E-state index in [1.807, 2.05) is 0 Å². The molecule has 0 fully saturated rings. The summed E-state index contributed by atoms with van der Waals surface area (Å²) in [5.74, 6) is -0.0598. The Bertz CT molecular complexity index is 166. The van der Waals surface area contributed by atoms with Crippen LogP contribution in [0.5, 0.6) is 0 Å². The molecule has 0 spiro atoms. The fourth-order valence-corrected chi connectivity index (χ4v) is 0.785. The van der Waals surface area contributed by atoms with Crippen molar-refractivity contribution in [3.8, 4) is 0 Å². The number of hydroxylamine groups is 2. The van der Waals surface area contributed by atoms with Crippen LogP contribution in [0.15, 0.2) is 0 Å². The van der Waals surface area contributed by atoms with Crippen LogP contribution in [-0.4, -0.2) is 45.3 Å². The van der Waals surface area contributed by atoms with E-state index < -0.39 is 0 Å². The molecule has 0 rings (SSSR count). The van der Waals surface area contributed by atoms with Crippen LogP contribution in [0, 0.1) is 0 Å². The van der Waals surface area contributed by atoms with Gasteiger partial charge in [0.15, 0.2) is 0 Å². The number of carbonyl (C=O) groups excluding carboxylic acids is 1. The molecule has 1 N–H and O–H groups in total. The summed E-state index contributed by atoms with van der Waals surface area (Å²) in [7, 11) is 3.81. The first-order valence-electron chi connectivity index (χ1n) is 4.17. The number of nitrogens with zero attached hydrogens (tertiary/aromatic N) is 1. The Balaban J connectivity index is 3.31. The van der Waals surface area contributed by atoms with E-state index >= 15 is 0 Å². The van der Waals surface area contributed by atoms with E-state index in [-0.39, 0.29) is 5.91 Å². The first kappa shape index (κ1) is 12.3. The third kappa shape index (κ3) is 6.42. The molecule has 0 aromatic carbocycles. The molecule has 0 bridgehead atoms. The van der Waals surface area contributed by atoms with E-state index in [0.29, 0.717) is 25.8 Å². The monoisotopic (exact) mass is 186 g/mol. The second kappa shape index (κ2) is 7.88. The number of amides is 1. The molecular formula is C7H15BN2O3. The number of nitrogens with one attached hydrogen (secondary N) is 1. The Morgan fingerprint density at radius 3 is 2.85 bits per heavy atom. The van der Waals surface area contributed by atoms with Crippen LogP contribution in [0.25, 0.3) is 0 Å². The van der Waals surface area contributed by atoms with Crippen LogP contribution in [0.4, 0.5) is 0 Å². The van der Waals surface area contributed by atoms with Gasteiger partial charge in [0, 0.05) is 0 Å². The van der Waals surface area contributed by atoms with Crippen molar-refractivity contribution in [2.75, 3.05) is 27.1 Å². The van der Waals surface area contributed by atoms with Gasteiger partial charge in [0.2, 0.25) is 0 Å². The van der Waals surface area contributed by atoms with Crippen LogP contribution in [0.1, 0.15) is 12.8 Å². The van der Waals surface area contributed by atoms with E-state index in [1.54, 1.807) is 7.05 Å². The van der Waals surface area contributed by atoms with Crippen molar-refractivity contribution in [2.24, 2.45) is 0 Å². The third-order valence-electron chi connectivity index (χ3n) is 1.60. The van der Waals surface area contributed by atoms with Crippen molar-refractivity contribution < 1.29 is 14.3 Å². The van der Waals surface area contributed by atoms with Gasteiger partial charge in [-0.2, -0.15) is 0 Å². The second-order valence-corrected chi connectivity index (χ2v) is 2.55. The quantitative estimate of drug-likeness (QED) is 0.327. The van der Waals surface area contributed by atoms with Crippen molar-refractivity contribution in [3.63, 3.8) is 0 Å². The average Bonchev–Trinajstić information content (AvgIpc) is 2.16. The first-order valence-corrected chi connectivity index (χ1v) is 4.17. The van der Waals surface area contributed by atoms with Crippen LogP contribution in [-0.2, 0) is 14.3 Å². The summed E-state index contributed by atoms with van der Waals surface area (Å²) < 4.78 is 9.90. The fourth-order valence-electron chi connectivity index (χ4n) is 0.785. The van der Waals surface area contributed by atoms with E-state index in [2.05, 4.69) is 5.32 Å². The summed E-state index contributed by atoms with van der Waals surface area (Å²) in [4.78, 5) is 15.8. The number of carbonyl (C=O) groups is 1. The molecule has 0 saturated carbocycles. The van der Waals surface area contributed by atoms with E-state index in [9.17, 15) is 9.50 Å². The zero-order valence-electron chi connectivity index (χ0n) is 8.08. The predicted octanol–water partition coefficient (Wildman–Crippen LogP) is -0.617. The van der Waals surface area contributed by atoms with Gasteiger partial charge in [0.1, 0.15) is 0 Å². The normalized spacial score (nSPS) is 9.38. The molecular weight excluding hydrogens is 171 g/mol. The van der Waals surface area contributed by atoms with Crippen molar-refractivity contribution >= 4 is 13.1 Å². The van der Waals surface area contributed by atoms with Crippen molar-refractivity contribution in [1.29, 1.82) is 0 Å². The van der Waals surface area contributed by atoms with E-state index in [4.69, 9.17) is 4.84 Å². The molecule has 0 atom stereocenters. The molecule has 1 amide bonds.